The van der Waals surface area contributed by atoms with Gasteiger partial charge in [-0.05, 0) is 18.4 Å². The normalized spacial score (nSPS) is 22.0. The van der Waals surface area contributed by atoms with Crippen molar-refractivity contribution in [2.75, 3.05) is 20.6 Å². The average molecular weight is 339 g/mol. The molecular formula is C19H23N4O2+. The van der Waals surface area contributed by atoms with Crippen molar-refractivity contribution < 1.29 is 14.6 Å². The van der Waals surface area contributed by atoms with Crippen LogP contribution in [0.2, 0.25) is 0 Å². The summed E-state index contributed by atoms with van der Waals surface area (Å²) in [7, 11) is 3.19. The number of carbonyl (C=O) groups excluding carboxylic acids is 2. The summed E-state index contributed by atoms with van der Waals surface area (Å²) in [4.78, 5) is 35.4. The molecule has 25 heavy (non-hydrogen) atoms. The predicted molar refractivity (Wildman–Crippen MR) is 96.2 cm³/mol. The minimum absolute atomic E-state index is 0.233. The average Bonchev–Trinajstić information content (AvgIpc) is 2.65. The number of amidine groups is 1. The monoisotopic (exact) mass is 339 g/mol. The van der Waals surface area contributed by atoms with Crippen LogP contribution in [0.15, 0.2) is 47.1 Å². The molecule has 1 N–H and O–H groups in total. The summed E-state index contributed by atoms with van der Waals surface area (Å²) >= 11 is 0. The van der Waals surface area contributed by atoms with Gasteiger partial charge in [-0.25, -0.2) is 14.7 Å². The third-order valence-corrected chi connectivity index (χ3v) is 4.69. The van der Waals surface area contributed by atoms with Gasteiger partial charge in [-0.1, -0.05) is 37.3 Å². The molecule has 6 heteroatoms. The molecule has 3 amide bonds. The van der Waals surface area contributed by atoms with Crippen molar-refractivity contribution in [2.45, 2.75) is 19.8 Å². The summed E-state index contributed by atoms with van der Waals surface area (Å²) in [5.41, 5.74) is 2.99. The van der Waals surface area contributed by atoms with E-state index in [4.69, 9.17) is 4.99 Å². The molecule has 1 fully saturated rings. The van der Waals surface area contributed by atoms with Gasteiger partial charge in [0, 0.05) is 19.2 Å². The molecule has 2 aliphatic heterocycles. The highest BCUT2D eigenvalue weighted by Crippen LogP contribution is 2.22. The minimum Gasteiger partial charge on any atom is -0.287 e. The SMILES string of the molecule is CCC1=C[NH+]=C2C(C(=O)N(C)C(=O)N2C)C1=NCCc1ccccc1. The Morgan fingerprint density at radius 1 is 1.12 bits per heavy atom. The van der Waals surface area contributed by atoms with Crippen LogP contribution in [0.25, 0.3) is 0 Å². The van der Waals surface area contributed by atoms with Gasteiger partial charge in [0.05, 0.1) is 19.0 Å². The van der Waals surface area contributed by atoms with Crippen LogP contribution in [-0.2, 0) is 11.2 Å². The molecule has 1 saturated heterocycles. The summed E-state index contributed by atoms with van der Waals surface area (Å²) in [5, 5.41) is 0. The number of nitrogens with one attached hydrogen (secondary N) is 1. The van der Waals surface area contributed by atoms with Gasteiger partial charge in [0.15, 0.2) is 5.92 Å². The first kappa shape index (κ1) is 17.1. The van der Waals surface area contributed by atoms with Gasteiger partial charge in [0.1, 0.15) is 0 Å². The fraction of sp³-hybridized carbons (Fsp3) is 0.368. The molecule has 0 spiro atoms. The van der Waals surface area contributed by atoms with Crippen LogP contribution in [0.5, 0.6) is 0 Å². The highest BCUT2D eigenvalue weighted by molar-refractivity contribution is 6.31. The summed E-state index contributed by atoms with van der Waals surface area (Å²) in [6, 6.07) is 9.82. The summed E-state index contributed by atoms with van der Waals surface area (Å²) in [5.74, 6) is -0.185. The van der Waals surface area contributed by atoms with Crippen molar-refractivity contribution in [2.24, 2.45) is 10.9 Å². The molecule has 2 heterocycles. The first-order chi connectivity index (χ1) is 12.0. The maximum absolute atomic E-state index is 12.7. The number of hydrogen-bond donors (Lipinski definition) is 1. The summed E-state index contributed by atoms with van der Waals surface area (Å²) in [6.07, 6.45) is 3.45. The Morgan fingerprint density at radius 3 is 2.52 bits per heavy atom. The summed E-state index contributed by atoms with van der Waals surface area (Å²) < 4.78 is 0. The second kappa shape index (κ2) is 7.01. The largest absolute Gasteiger partial charge is 0.417 e. The lowest BCUT2D eigenvalue weighted by Gasteiger charge is -2.32. The zero-order chi connectivity index (χ0) is 18.0. The zero-order valence-corrected chi connectivity index (χ0v) is 14.8. The lowest BCUT2D eigenvalue weighted by Crippen LogP contribution is -2.80. The Bertz CT molecular complexity index is 780. The Labute approximate surface area is 147 Å². The molecule has 0 aliphatic carbocycles. The number of nitrogens with zero attached hydrogens (tertiary/aromatic N) is 3. The van der Waals surface area contributed by atoms with E-state index in [-0.39, 0.29) is 11.9 Å². The number of allylic oxidation sites excluding steroid dienone is 1. The summed E-state index contributed by atoms with van der Waals surface area (Å²) in [6.45, 7) is 2.65. The number of fused-ring (bicyclic) bond motifs is 1. The Balaban J connectivity index is 1.89. The number of carbonyl (C=O) groups is 2. The van der Waals surface area contributed by atoms with Gasteiger partial charge in [-0.2, -0.15) is 4.90 Å². The Morgan fingerprint density at radius 2 is 1.84 bits per heavy atom. The highest BCUT2D eigenvalue weighted by atomic mass is 16.2. The third-order valence-electron chi connectivity index (χ3n) is 4.69. The quantitative estimate of drug-likeness (QED) is 0.873. The van der Waals surface area contributed by atoms with Crippen molar-refractivity contribution in [3.05, 3.63) is 47.7 Å². The number of hydrogen-bond acceptors (Lipinski definition) is 3. The second-order valence-corrected chi connectivity index (χ2v) is 6.23. The van der Waals surface area contributed by atoms with E-state index in [2.05, 4.69) is 17.1 Å². The minimum atomic E-state index is -0.538. The fourth-order valence-electron chi connectivity index (χ4n) is 3.20. The molecule has 0 aromatic heterocycles. The molecule has 0 radical (unpaired) electrons. The van der Waals surface area contributed by atoms with E-state index >= 15 is 0 Å². The van der Waals surface area contributed by atoms with Crippen molar-refractivity contribution in [1.29, 1.82) is 0 Å². The van der Waals surface area contributed by atoms with Crippen molar-refractivity contribution >= 4 is 23.5 Å². The second-order valence-electron chi connectivity index (χ2n) is 6.23. The van der Waals surface area contributed by atoms with Crippen LogP contribution in [0.3, 0.4) is 0 Å². The molecule has 1 aromatic rings. The Kier molecular flexibility index (Phi) is 4.79. The lowest BCUT2D eigenvalue weighted by atomic mass is 9.89. The van der Waals surface area contributed by atoms with E-state index < -0.39 is 5.92 Å². The van der Waals surface area contributed by atoms with Gasteiger partial charge in [0.2, 0.25) is 0 Å². The van der Waals surface area contributed by atoms with Crippen LogP contribution < -0.4 is 4.99 Å². The van der Waals surface area contributed by atoms with E-state index in [1.807, 2.05) is 31.3 Å². The van der Waals surface area contributed by atoms with Gasteiger partial charge >= 0.3 is 6.03 Å². The predicted octanol–water partition coefficient (Wildman–Crippen LogP) is 0.597. The fourth-order valence-corrected chi connectivity index (χ4v) is 3.20. The number of imide groups is 1. The van der Waals surface area contributed by atoms with Gasteiger partial charge in [-0.3, -0.25) is 9.79 Å². The molecule has 0 saturated carbocycles. The van der Waals surface area contributed by atoms with E-state index in [0.29, 0.717) is 12.4 Å². The van der Waals surface area contributed by atoms with Crippen LogP contribution in [0.4, 0.5) is 4.79 Å². The number of aliphatic imine (C=N–C) groups is 1. The topological polar surface area (TPSA) is 67.0 Å². The van der Waals surface area contributed by atoms with E-state index in [1.165, 1.54) is 22.4 Å². The first-order valence-corrected chi connectivity index (χ1v) is 8.51. The molecule has 0 bridgehead atoms. The molecular weight excluding hydrogens is 316 g/mol. The molecule has 130 valence electrons. The van der Waals surface area contributed by atoms with Gasteiger partial charge in [0.25, 0.3) is 11.7 Å². The standard InChI is InChI=1S/C19H22N4O2/c1-4-14-12-21-17-15(18(24)23(3)19(25)22(17)2)16(14)20-11-10-13-8-6-5-7-9-13/h5-9,12,15H,4,10-11H2,1-3H3/p+1. The maximum Gasteiger partial charge on any atom is 0.417 e. The van der Waals surface area contributed by atoms with E-state index in [0.717, 1.165) is 24.1 Å². The van der Waals surface area contributed by atoms with Gasteiger partial charge < -0.3 is 0 Å². The van der Waals surface area contributed by atoms with E-state index in [9.17, 15) is 9.59 Å². The van der Waals surface area contributed by atoms with Crippen molar-refractivity contribution in [3.63, 3.8) is 0 Å². The van der Waals surface area contributed by atoms with Crippen LogP contribution >= 0.6 is 0 Å². The van der Waals surface area contributed by atoms with E-state index in [1.54, 1.807) is 7.05 Å². The van der Waals surface area contributed by atoms with Crippen molar-refractivity contribution in [1.82, 2.24) is 9.80 Å². The Hall–Kier alpha value is -2.76. The first-order valence-electron chi connectivity index (χ1n) is 8.51. The molecule has 1 unspecified atom stereocenters. The molecule has 1 atom stereocenters. The lowest BCUT2D eigenvalue weighted by molar-refractivity contribution is -0.383. The van der Waals surface area contributed by atoms with Crippen molar-refractivity contribution in [3.8, 4) is 0 Å². The van der Waals surface area contributed by atoms with Crippen LogP contribution in [0.1, 0.15) is 18.9 Å². The van der Waals surface area contributed by atoms with Crippen LogP contribution in [0, 0.1) is 5.92 Å². The highest BCUT2D eigenvalue weighted by Gasteiger charge is 2.50. The molecule has 1 aromatic carbocycles. The number of benzene rings is 1. The number of amides is 3. The maximum atomic E-state index is 12.7. The molecule has 6 nitrogen and oxygen atoms in total. The molecule has 2 aliphatic rings. The van der Waals surface area contributed by atoms with Crippen LogP contribution in [-0.4, -0.2) is 53.9 Å². The van der Waals surface area contributed by atoms with Gasteiger partial charge in [-0.15, -0.1) is 0 Å². The third kappa shape index (κ3) is 3.12. The zero-order valence-electron chi connectivity index (χ0n) is 14.8. The number of rotatable bonds is 4. The molecule has 3 rings (SSSR count). The number of urea groups is 1. The smallest absolute Gasteiger partial charge is 0.287 e.